The first-order valence-corrected chi connectivity index (χ1v) is 8.49. The Hall–Kier alpha value is -0.240. The Bertz CT molecular complexity index is 407. The van der Waals surface area contributed by atoms with Crippen LogP contribution in [0, 0.1) is 0 Å². The zero-order chi connectivity index (χ0) is 12.0. The zero-order valence-electron chi connectivity index (χ0n) is 8.74. The van der Waals surface area contributed by atoms with Crippen LogP contribution >= 0.6 is 21.6 Å². The van der Waals surface area contributed by atoms with Crippen LogP contribution < -0.4 is 0 Å². The highest BCUT2D eigenvalue weighted by molar-refractivity contribution is 8.76. The monoisotopic (exact) mass is 279 g/mol. The van der Waals surface area contributed by atoms with Gasteiger partial charge in [0.1, 0.15) is 5.03 Å². The first-order valence-electron chi connectivity index (χ1n) is 4.67. The molecule has 0 aliphatic heterocycles. The number of hydrogen-bond donors (Lipinski definition) is 1. The lowest BCUT2D eigenvalue weighted by molar-refractivity contribution is 0.469. The summed E-state index contributed by atoms with van der Waals surface area (Å²) in [5.74, 6) is 0.655. The molecule has 1 aromatic heterocycles. The molecule has 1 rings (SSSR count). The van der Waals surface area contributed by atoms with Crippen molar-refractivity contribution in [3.8, 4) is 0 Å². The third-order valence-corrected chi connectivity index (χ3v) is 5.45. The van der Waals surface area contributed by atoms with Crippen LogP contribution in [0.5, 0.6) is 0 Å². The van der Waals surface area contributed by atoms with E-state index in [4.69, 9.17) is 4.55 Å². The van der Waals surface area contributed by atoms with Gasteiger partial charge in [-0.15, -0.1) is 0 Å². The Labute approximate surface area is 103 Å². The largest absolute Gasteiger partial charge is 0.285 e. The molecule has 0 aliphatic rings. The van der Waals surface area contributed by atoms with Gasteiger partial charge < -0.3 is 0 Å². The number of hydrogen-bond acceptors (Lipinski definition) is 5. The first-order chi connectivity index (χ1) is 7.50. The minimum Gasteiger partial charge on any atom is -0.285 e. The van der Waals surface area contributed by atoms with Crippen molar-refractivity contribution in [2.45, 2.75) is 23.6 Å². The fourth-order valence-corrected chi connectivity index (χ4v) is 3.51. The summed E-state index contributed by atoms with van der Waals surface area (Å²) in [4.78, 5) is 4.12. The van der Waals surface area contributed by atoms with Crippen molar-refractivity contribution in [2.75, 3.05) is 5.75 Å². The normalized spacial score (nSPS) is 13.6. The maximum atomic E-state index is 10.7. The standard InChI is InChI=1S/C9H13NO3S3/c1-8(16(11,12)13)5-7-14-15-9-4-2-3-6-10-9/h2-4,6,8H,5,7H2,1H3,(H,11,12,13). The average molecular weight is 279 g/mol. The highest BCUT2D eigenvalue weighted by Crippen LogP contribution is 2.29. The van der Waals surface area contributed by atoms with Crippen LogP contribution in [0.2, 0.25) is 0 Å². The van der Waals surface area contributed by atoms with Gasteiger partial charge in [-0.05, 0) is 36.3 Å². The Morgan fingerprint density at radius 2 is 2.25 bits per heavy atom. The Morgan fingerprint density at radius 3 is 2.81 bits per heavy atom. The Morgan fingerprint density at radius 1 is 1.50 bits per heavy atom. The fourth-order valence-electron chi connectivity index (χ4n) is 0.861. The highest BCUT2D eigenvalue weighted by Gasteiger charge is 2.16. The maximum Gasteiger partial charge on any atom is 0.267 e. The van der Waals surface area contributed by atoms with Gasteiger partial charge in [0.05, 0.1) is 5.25 Å². The van der Waals surface area contributed by atoms with Gasteiger partial charge in [0.2, 0.25) is 0 Å². The first kappa shape index (κ1) is 13.8. The molecule has 1 N–H and O–H groups in total. The van der Waals surface area contributed by atoms with Crippen molar-refractivity contribution in [3.05, 3.63) is 24.4 Å². The van der Waals surface area contributed by atoms with Gasteiger partial charge in [0, 0.05) is 11.9 Å². The molecule has 16 heavy (non-hydrogen) atoms. The van der Waals surface area contributed by atoms with E-state index in [0.29, 0.717) is 12.2 Å². The van der Waals surface area contributed by atoms with Gasteiger partial charge in [-0.2, -0.15) is 8.42 Å². The van der Waals surface area contributed by atoms with Crippen molar-refractivity contribution in [2.24, 2.45) is 0 Å². The van der Waals surface area contributed by atoms with E-state index in [9.17, 15) is 8.42 Å². The van der Waals surface area contributed by atoms with Crippen molar-refractivity contribution in [1.82, 2.24) is 4.98 Å². The summed E-state index contributed by atoms with van der Waals surface area (Å²) >= 11 is 0. The molecule has 1 heterocycles. The van der Waals surface area contributed by atoms with E-state index < -0.39 is 15.4 Å². The third-order valence-electron chi connectivity index (χ3n) is 1.90. The number of nitrogens with zero attached hydrogens (tertiary/aromatic N) is 1. The highest BCUT2D eigenvalue weighted by atomic mass is 33.1. The molecule has 0 radical (unpaired) electrons. The van der Waals surface area contributed by atoms with E-state index >= 15 is 0 Å². The summed E-state index contributed by atoms with van der Waals surface area (Å²) in [6.07, 6.45) is 2.15. The number of aromatic nitrogens is 1. The minimum absolute atomic E-state index is 0.434. The van der Waals surface area contributed by atoms with Gasteiger partial charge in [0.15, 0.2) is 0 Å². The van der Waals surface area contributed by atoms with E-state index in [-0.39, 0.29) is 0 Å². The second-order valence-electron chi connectivity index (χ2n) is 3.19. The fraction of sp³-hybridized carbons (Fsp3) is 0.444. The van der Waals surface area contributed by atoms with Gasteiger partial charge in [-0.25, -0.2) is 4.98 Å². The molecule has 1 unspecified atom stereocenters. The molecular formula is C9H13NO3S3. The van der Waals surface area contributed by atoms with Gasteiger partial charge in [0.25, 0.3) is 10.1 Å². The molecule has 0 spiro atoms. The average Bonchev–Trinajstić information content (AvgIpc) is 2.24. The van der Waals surface area contributed by atoms with Crippen LogP contribution in [0.1, 0.15) is 13.3 Å². The predicted octanol–water partition coefficient (Wildman–Crippen LogP) is 2.49. The van der Waals surface area contributed by atoms with Crippen LogP contribution in [0.4, 0.5) is 0 Å². The number of pyridine rings is 1. The van der Waals surface area contributed by atoms with Crippen LogP contribution in [-0.4, -0.2) is 29.0 Å². The van der Waals surface area contributed by atoms with E-state index in [2.05, 4.69) is 4.98 Å². The summed E-state index contributed by atoms with van der Waals surface area (Å²) in [6, 6.07) is 5.63. The van der Waals surface area contributed by atoms with Crippen molar-refractivity contribution >= 4 is 31.7 Å². The van der Waals surface area contributed by atoms with Gasteiger partial charge >= 0.3 is 0 Å². The summed E-state index contributed by atoms with van der Waals surface area (Å²) in [6.45, 7) is 1.50. The maximum absolute atomic E-state index is 10.7. The van der Waals surface area contributed by atoms with Crippen molar-refractivity contribution < 1.29 is 13.0 Å². The van der Waals surface area contributed by atoms with E-state index in [1.54, 1.807) is 6.20 Å². The number of rotatable bonds is 6. The zero-order valence-corrected chi connectivity index (χ0v) is 11.2. The van der Waals surface area contributed by atoms with Gasteiger partial charge in [-0.3, -0.25) is 4.55 Å². The second kappa shape index (κ2) is 6.48. The van der Waals surface area contributed by atoms with E-state index in [1.165, 1.54) is 28.5 Å². The minimum atomic E-state index is -3.89. The quantitative estimate of drug-likeness (QED) is 0.490. The lowest BCUT2D eigenvalue weighted by Crippen LogP contribution is -2.16. The van der Waals surface area contributed by atoms with Crippen LogP contribution in [-0.2, 0) is 10.1 Å². The van der Waals surface area contributed by atoms with Crippen LogP contribution in [0.15, 0.2) is 29.4 Å². The molecule has 0 bridgehead atoms. The third kappa shape index (κ3) is 5.20. The molecule has 1 atom stereocenters. The Balaban J connectivity index is 2.23. The molecule has 0 fully saturated rings. The molecule has 0 saturated heterocycles. The molecule has 90 valence electrons. The van der Waals surface area contributed by atoms with E-state index in [1.807, 2.05) is 18.2 Å². The van der Waals surface area contributed by atoms with Crippen LogP contribution in [0.25, 0.3) is 0 Å². The molecular weight excluding hydrogens is 266 g/mol. The SMILES string of the molecule is CC(CCSSc1ccccn1)S(=O)(=O)O. The summed E-state index contributed by atoms with van der Waals surface area (Å²) in [5, 5.41) is 0.191. The van der Waals surface area contributed by atoms with Crippen LogP contribution in [0.3, 0.4) is 0 Å². The molecule has 7 heteroatoms. The molecule has 0 amide bonds. The molecule has 0 aliphatic carbocycles. The topological polar surface area (TPSA) is 67.3 Å². The van der Waals surface area contributed by atoms with E-state index in [0.717, 1.165) is 5.03 Å². The van der Waals surface area contributed by atoms with Gasteiger partial charge in [-0.1, -0.05) is 16.9 Å². The molecule has 0 aromatic carbocycles. The molecule has 1 aromatic rings. The Kier molecular flexibility index (Phi) is 5.60. The van der Waals surface area contributed by atoms with Crippen molar-refractivity contribution in [3.63, 3.8) is 0 Å². The lowest BCUT2D eigenvalue weighted by Gasteiger charge is -2.06. The second-order valence-corrected chi connectivity index (χ2v) is 7.46. The summed E-state index contributed by atoms with van der Waals surface area (Å²) in [5.41, 5.74) is 0. The molecule has 0 saturated carbocycles. The molecule has 4 nitrogen and oxygen atoms in total. The summed E-state index contributed by atoms with van der Waals surface area (Å²) in [7, 11) is -0.855. The summed E-state index contributed by atoms with van der Waals surface area (Å²) < 4.78 is 30.2. The lowest BCUT2D eigenvalue weighted by atomic mass is 10.4. The van der Waals surface area contributed by atoms with Crippen molar-refractivity contribution in [1.29, 1.82) is 0 Å². The smallest absolute Gasteiger partial charge is 0.267 e. The predicted molar refractivity (Wildman–Crippen MR) is 68.2 cm³/mol.